The number of hydrogen-bond donors (Lipinski definition) is 4. The van der Waals surface area contributed by atoms with Gasteiger partial charge in [0, 0.05) is 11.1 Å². The van der Waals surface area contributed by atoms with Crippen LogP contribution in [0.4, 0.5) is 0 Å². The molecule has 2 rings (SSSR count). The fraction of sp³-hybridized carbons (Fsp3) is 0. The van der Waals surface area contributed by atoms with E-state index in [1.807, 2.05) is 0 Å². The first kappa shape index (κ1) is 16.5. The summed E-state index contributed by atoms with van der Waals surface area (Å²) in [5.41, 5.74) is 0.187. The van der Waals surface area contributed by atoms with Crippen LogP contribution in [0.3, 0.4) is 0 Å². The molecule has 0 spiro atoms. The second kappa shape index (κ2) is 6.91. The second-order valence-electron chi connectivity index (χ2n) is 4.57. The minimum absolute atomic E-state index is 0.264. The highest BCUT2D eigenvalue weighted by Crippen LogP contribution is 2.18. The molecule has 0 saturated heterocycles. The lowest BCUT2D eigenvalue weighted by atomic mass is 10.1. The highest BCUT2D eigenvalue weighted by atomic mass is 16.4. The van der Waals surface area contributed by atoms with Crippen molar-refractivity contribution in [2.45, 2.75) is 0 Å². The Morgan fingerprint density at radius 2 is 1.08 bits per heavy atom. The van der Waals surface area contributed by atoms with E-state index in [0.717, 1.165) is 0 Å². The normalized spacial score (nSPS) is 9.17. The number of phenols is 2. The van der Waals surface area contributed by atoms with Gasteiger partial charge in [-0.3, -0.25) is 0 Å². The number of rotatable bonds is 2. The first-order chi connectivity index (χ1) is 11.4. The van der Waals surface area contributed by atoms with Crippen molar-refractivity contribution in [2.75, 3.05) is 0 Å². The summed E-state index contributed by atoms with van der Waals surface area (Å²) in [5, 5.41) is 36.6. The predicted molar refractivity (Wildman–Crippen MR) is 83.9 cm³/mol. The minimum Gasteiger partial charge on any atom is -0.507 e. The summed E-state index contributed by atoms with van der Waals surface area (Å²) in [6.07, 6.45) is 0. The second-order valence-corrected chi connectivity index (χ2v) is 4.57. The van der Waals surface area contributed by atoms with Crippen molar-refractivity contribution in [1.29, 1.82) is 0 Å². The number of hydrogen-bond acceptors (Lipinski definition) is 4. The zero-order valence-corrected chi connectivity index (χ0v) is 12.1. The average molecular weight is 322 g/mol. The van der Waals surface area contributed by atoms with E-state index < -0.39 is 11.9 Å². The zero-order chi connectivity index (χ0) is 17.7. The Hall–Kier alpha value is -3.90. The van der Waals surface area contributed by atoms with Gasteiger partial charge in [0.1, 0.15) is 22.6 Å². The monoisotopic (exact) mass is 322 g/mol. The van der Waals surface area contributed by atoms with Crippen LogP contribution in [0.5, 0.6) is 11.5 Å². The Kier molecular flexibility index (Phi) is 4.74. The Morgan fingerprint density at radius 1 is 0.708 bits per heavy atom. The topological polar surface area (TPSA) is 115 Å². The highest BCUT2D eigenvalue weighted by molar-refractivity contribution is 5.91. The molecule has 0 bridgehead atoms. The van der Waals surface area contributed by atoms with Gasteiger partial charge in [-0.2, -0.15) is 0 Å². The van der Waals surface area contributed by atoms with Gasteiger partial charge in [0.15, 0.2) is 0 Å². The molecule has 0 aromatic heterocycles. The molecule has 0 radical (unpaired) electrons. The van der Waals surface area contributed by atoms with E-state index in [-0.39, 0.29) is 22.6 Å². The van der Waals surface area contributed by atoms with Gasteiger partial charge in [-0.05, 0) is 48.2 Å². The molecule has 0 unspecified atom stereocenters. The van der Waals surface area contributed by atoms with Crippen molar-refractivity contribution >= 4 is 11.9 Å². The van der Waals surface area contributed by atoms with Crippen LogP contribution in [0.25, 0.3) is 0 Å². The summed E-state index contributed by atoms with van der Waals surface area (Å²) in [6, 6.07) is 7.77. The fourth-order valence-corrected chi connectivity index (χ4v) is 1.78. The van der Waals surface area contributed by atoms with E-state index in [2.05, 4.69) is 23.7 Å². The van der Waals surface area contributed by atoms with Crippen molar-refractivity contribution in [3.63, 3.8) is 0 Å². The zero-order valence-electron chi connectivity index (χ0n) is 12.1. The Bertz CT molecular complexity index is 871. The van der Waals surface area contributed by atoms with E-state index in [4.69, 9.17) is 10.2 Å². The summed E-state index contributed by atoms with van der Waals surface area (Å²) < 4.78 is 0. The largest absolute Gasteiger partial charge is 0.507 e. The number of carbonyl (C=O) groups is 2. The summed E-state index contributed by atoms with van der Waals surface area (Å²) in [5.74, 6) is 7.00. The van der Waals surface area contributed by atoms with Gasteiger partial charge in [-0.15, -0.1) is 0 Å². The third-order valence-corrected chi connectivity index (χ3v) is 2.93. The van der Waals surface area contributed by atoms with Crippen molar-refractivity contribution < 1.29 is 30.0 Å². The summed E-state index contributed by atoms with van der Waals surface area (Å²) in [7, 11) is 0. The van der Waals surface area contributed by atoms with Crippen molar-refractivity contribution in [1.82, 2.24) is 0 Å². The van der Waals surface area contributed by atoms with E-state index in [0.29, 0.717) is 11.1 Å². The molecular formula is C18H10O6. The van der Waals surface area contributed by atoms with Crippen LogP contribution < -0.4 is 0 Å². The maximum Gasteiger partial charge on any atom is 0.339 e. The van der Waals surface area contributed by atoms with Crippen molar-refractivity contribution in [2.24, 2.45) is 0 Å². The number of benzene rings is 2. The highest BCUT2D eigenvalue weighted by Gasteiger charge is 2.09. The third-order valence-electron chi connectivity index (χ3n) is 2.93. The van der Waals surface area contributed by atoms with Gasteiger partial charge in [-0.1, -0.05) is 11.8 Å². The first-order valence-corrected chi connectivity index (χ1v) is 6.53. The van der Waals surface area contributed by atoms with E-state index in [1.165, 1.54) is 36.4 Å². The number of aromatic carboxylic acids is 2. The molecule has 4 N–H and O–H groups in total. The lowest BCUT2D eigenvalue weighted by Crippen LogP contribution is -1.97. The SMILES string of the molecule is O=C(O)c1cc(C#CC#Cc2ccc(O)c(C(=O)O)c2)ccc1O. The maximum absolute atomic E-state index is 10.9. The lowest BCUT2D eigenvalue weighted by Gasteiger charge is -1.99. The summed E-state index contributed by atoms with van der Waals surface area (Å²) >= 11 is 0. The number of carboxylic acids is 2. The van der Waals surface area contributed by atoms with Gasteiger partial charge >= 0.3 is 11.9 Å². The van der Waals surface area contributed by atoms with Crippen LogP contribution in [0.1, 0.15) is 31.8 Å². The van der Waals surface area contributed by atoms with Crippen LogP contribution in [-0.4, -0.2) is 32.4 Å². The Morgan fingerprint density at radius 3 is 1.42 bits per heavy atom. The third kappa shape index (κ3) is 3.85. The van der Waals surface area contributed by atoms with Crippen LogP contribution >= 0.6 is 0 Å². The summed E-state index contributed by atoms with van der Waals surface area (Å²) in [6.45, 7) is 0. The van der Waals surface area contributed by atoms with E-state index >= 15 is 0 Å². The van der Waals surface area contributed by atoms with Crippen LogP contribution in [0.15, 0.2) is 36.4 Å². The quantitative estimate of drug-likeness (QED) is 0.628. The molecule has 0 aliphatic rings. The van der Waals surface area contributed by atoms with Gasteiger partial charge < -0.3 is 20.4 Å². The minimum atomic E-state index is -1.27. The molecule has 0 saturated carbocycles. The van der Waals surface area contributed by atoms with Gasteiger partial charge in [0.05, 0.1) is 0 Å². The smallest absolute Gasteiger partial charge is 0.339 e. The molecule has 0 heterocycles. The summed E-state index contributed by atoms with van der Waals surface area (Å²) in [4.78, 5) is 21.8. The van der Waals surface area contributed by atoms with Crippen LogP contribution in [0, 0.1) is 23.7 Å². The van der Waals surface area contributed by atoms with Crippen molar-refractivity contribution in [3.05, 3.63) is 58.7 Å². The maximum atomic E-state index is 10.9. The molecule has 2 aromatic carbocycles. The molecule has 6 nitrogen and oxygen atoms in total. The molecule has 118 valence electrons. The first-order valence-electron chi connectivity index (χ1n) is 6.53. The number of carboxylic acid groups (broad SMARTS) is 2. The average Bonchev–Trinajstić information content (AvgIpc) is 2.53. The molecule has 0 aliphatic carbocycles. The molecule has 0 amide bonds. The van der Waals surface area contributed by atoms with Gasteiger partial charge in [0.25, 0.3) is 0 Å². The molecule has 0 aliphatic heterocycles. The molecule has 6 heteroatoms. The molecule has 0 atom stereocenters. The van der Waals surface area contributed by atoms with Crippen LogP contribution in [-0.2, 0) is 0 Å². The van der Waals surface area contributed by atoms with Gasteiger partial charge in [0.2, 0.25) is 0 Å². The molecule has 24 heavy (non-hydrogen) atoms. The lowest BCUT2D eigenvalue weighted by molar-refractivity contribution is 0.0682. The Balaban J connectivity index is 2.25. The van der Waals surface area contributed by atoms with Crippen LogP contribution in [0.2, 0.25) is 0 Å². The standard InChI is InChI=1S/C18H10O6/c19-15-7-5-11(9-13(15)17(21)22)3-1-2-4-12-6-8-16(20)14(10-12)18(23)24/h5-10,19-20H,(H,21,22)(H,23,24). The molecule has 0 fully saturated rings. The van der Waals surface area contributed by atoms with Crippen molar-refractivity contribution in [3.8, 4) is 35.2 Å². The molecule has 2 aromatic rings. The number of aromatic hydroxyl groups is 2. The van der Waals surface area contributed by atoms with E-state index in [1.54, 1.807) is 0 Å². The fourth-order valence-electron chi connectivity index (χ4n) is 1.78. The molecular weight excluding hydrogens is 312 g/mol. The predicted octanol–water partition coefficient (Wildman–Crippen LogP) is 1.90. The van der Waals surface area contributed by atoms with Gasteiger partial charge in [-0.25, -0.2) is 9.59 Å². The Labute approximate surface area is 136 Å². The van der Waals surface area contributed by atoms with E-state index in [9.17, 15) is 19.8 Å².